The second-order valence-corrected chi connectivity index (χ2v) is 4.24. The van der Waals surface area contributed by atoms with E-state index < -0.39 is 0 Å². The molecule has 1 saturated heterocycles. The number of hydrogen-bond acceptors (Lipinski definition) is 2. The fraction of sp³-hybridized carbons (Fsp3) is 0.462. The maximum Gasteiger partial charge on any atom is 0.0625 e. The quantitative estimate of drug-likeness (QED) is 0.749. The molecule has 0 spiro atoms. The Kier molecular flexibility index (Phi) is 3.37. The summed E-state index contributed by atoms with van der Waals surface area (Å²) in [5.41, 5.74) is 1.37. The first-order valence-electron chi connectivity index (χ1n) is 5.51. The zero-order valence-corrected chi connectivity index (χ0v) is 8.89. The van der Waals surface area contributed by atoms with Gasteiger partial charge in [0.1, 0.15) is 0 Å². The van der Waals surface area contributed by atoms with E-state index in [1.54, 1.807) is 0 Å². The first kappa shape index (κ1) is 10.2. The minimum absolute atomic E-state index is 0.596. The third-order valence-corrected chi connectivity index (χ3v) is 3.00. The van der Waals surface area contributed by atoms with Gasteiger partial charge in [0.25, 0.3) is 0 Å². The van der Waals surface area contributed by atoms with Gasteiger partial charge < -0.3 is 0 Å². The van der Waals surface area contributed by atoms with Crippen LogP contribution in [0.2, 0.25) is 0 Å². The van der Waals surface area contributed by atoms with Gasteiger partial charge in [0, 0.05) is 19.5 Å². The van der Waals surface area contributed by atoms with Gasteiger partial charge in [-0.05, 0) is 24.4 Å². The normalized spacial score (nSPS) is 21.4. The van der Waals surface area contributed by atoms with Gasteiger partial charge in [0.05, 0.1) is 6.07 Å². The maximum absolute atomic E-state index is 8.63. The molecule has 0 N–H and O–H groups in total. The monoisotopic (exact) mass is 200 g/mol. The molecular weight excluding hydrogens is 184 g/mol. The summed E-state index contributed by atoms with van der Waals surface area (Å²) in [5.74, 6) is 0.596. The second-order valence-electron chi connectivity index (χ2n) is 4.24. The van der Waals surface area contributed by atoms with Crippen LogP contribution in [0.25, 0.3) is 0 Å². The molecule has 15 heavy (non-hydrogen) atoms. The van der Waals surface area contributed by atoms with E-state index in [0.29, 0.717) is 12.3 Å². The van der Waals surface area contributed by atoms with Crippen molar-refractivity contribution in [2.24, 2.45) is 5.92 Å². The Bertz CT molecular complexity index is 339. The SMILES string of the molecule is N#CCC1CCN(Cc2ccccc2)C1. The minimum atomic E-state index is 0.596. The Labute approximate surface area is 91.1 Å². The lowest BCUT2D eigenvalue weighted by Gasteiger charge is -2.15. The lowest BCUT2D eigenvalue weighted by Crippen LogP contribution is -2.19. The summed E-state index contributed by atoms with van der Waals surface area (Å²) >= 11 is 0. The van der Waals surface area contributed by atoms with Crippen LogP contribution in [-0.2, 0) is 6.54 Å². The summed E-state index contributed by atoms with van der Waals surface area (Å²) < 4.78 is 0. The van der Waals surface area contributed by atoms with E-state index in [4.69, 9.17) is 5.26 Å². The number of nitriles is 1. The van der Waals surface area contributed by atoms with Gasteiger partial charge in [-0.3, -0.25) is 4.90 Å². The molecule has 1 aromatic carbocycles. The van der Waals surface area contributed by atoms with Crippen LogP contribution in [0.15, 0.2) is 30.3 Å². The van der Waals surface area contributed by atoms with Crippen molar-refractivity contribution in [3.8, 4) is 6.07 Å². The minimum Gasteiger partial charge on any atom is -0.299 e. The van der Waals surface area contributed by atoms with Crippen LogP contribution in [0, 0.1) is 17.2 Å². The van der Waals surface area contributed by atoms with E-state index in [1.165, 1.54) is 12.0 Å². The van der Waals surface area contributed by atoms with Crippen molar-refractivity contribution in [2.75, 3.05) is 13.1 Å². The summed E-state index contributed by atoms with van der Waals surface area (Å²) in [4.78, 5) is 2.44. The maximum atomic E-state index is 8.63. The van der Waals surface area contributed by atoms with Gasteiger partial charge in [-0.15, -0.1) is 0 Å². The fourth-order valence-electron chi connectivity index (χ4n) is 2.19. The van der Waals surface area contributed by atoms with E-state index >= 15 is 0 Å². The number of rotatable bonds is 3. The van der Waals surface area contributed by atoms with Crippen molar-refractivity contribution < 1.29 is 0 Å². The van der Waals surface area contributed by atoms with E-state index in [9.17, 15) is 0 Å². The number of hydrogen-bond donors (Lipinski definition) is 0. The zero-order chi connectivity index (χ0) is 10.5. The highest BCUT2D eigenvalue weighted by Gasteiger charge is 2.21. The molecule has 0 aliphatic carbocycles. The Balaban J connectivity index is 1.85. The Morgan fingerprint density at radius 2 is 2.13 bits per heavy atom. The van der Waals surface area contributed by atoms with E-state index in [1.807, 2.05) is 6.07 Å². The van der Waals surface area contributed by atoms with Crippen molar-refractivity contribution >= 4 is 0 Å². The van der Waals surface area contributed by atoms with E-state index in [0.717, 1.165) is 19.6 Å². The van der Waals surface area contributed by atoms with Crippen molar-refractivity contribution in [1.82, 2.24) is 4.90 Å². The Morgan fingerprint density at radius 3 is 2.87 bits per heavy atom. The van der Waals surface area contributed by atoms with E-state index in [-0.39, 0.29) is 0 Å². The molecule has 0 aromatic heterocycles. The lowest BCUT2D eigenvalue weighted by atomic mass is 10.1. The molecule has 1 aliphatic heterocycles. The van der Waals surface area contributed by atoms with Gasteiger partial charge in [-0.1, -0.05) is 30.3 Å². The Morgan fingerprint density at radius 1 is 1.33 bits per heavy atom. The predicted octanol–water partition coefficient (Wildman–Crippen LogP) is 2.42. The standard InChI is InChI=1S/C13H16N2/c14-8-6-13-7-9-15(11-13)10-12-4-2-1-3-5-12/h1-5,13H,6-7,9-11H2. The molecule has 1 aromatic rings. The highest BCUT2D eigenvalue weighted by Crippen LogP contribution is 2.20. The first-order valence-corrected chi connectivity index (χ1v) is 5.51. The molecule has 1 fully saturated rings. The van der Waals surface area contributed by atoms with Crippen LogP contribution in [-0.4, -0.2) is 18.0 Å². The molecule has 1 unspecified atom stereocenters. The molecule has 1 aliphatic rings. The molecule has 1 atom stereocenters. The first-order chi connectivity index (χ1) is 7.38. The van der Waals surface area contributed by atoms with Gasteiger partial charge in [-0.25, -0.2) is 0 Å². The summed E-state index contributed by atoms with van der Waals surface area (Å²) in [6.45, 7) is 3.26. The molecule has 78 valence electrons. The van der Waals surface area contributed by atoms with Gasteiger partial charge in [-0.2, -0.15) is 5.26 Å². The second kappa shape index (κ2) is 4.95. The number of benzene rings is 1. The average Bonchev–Trinajstić information content (AvgIpc) is 2.68. The predicted molar refractivity (Wildman–Crippen MR) is 60.1 cm³/mol. The van der Waals surface area contributed by atoms with Gasteiger partial charge >= 0.3 is 0 Å². The summed E-state index contributed by atoms with van der Waals surface area (Å²) in [7, 11) is 0. The summed E-state index contributed by atoms with van der Waals surface area (Å²) in [6, 6.07) is 12.8. The average molecular weight is 200 g/mol. The Hall–Kier alpha value is -1.33. The van der Waals surface area contributed by atoms with Crippen molar-refractivity contribution in [1.29, 1.82) is 5.26 Å². The topological polar surface area (TPSA) is 27.0 Å². The molecule has 2 rings (SSSR count). The van der Waals surface area contributed by atoms with Crippen LogP contribution in [0.5, 0.6) is 0 Å². The molecule has 0 radical (unpaired) electrons. The van der Waals surface area contributed by atoms with Crippen LogP contribution >= 0.6 is 0 Å². The van der Waals surface area contributed by atoms with Gasteiger partial charge in [0.2, 0.25) is 0 Å². The molecular formula is C13H16N2. The molecule has 1 heterocycles. The number of likely N-dealkylation sites (tertiary alicyclic amines) is 1. The highest BCUT2D eigenvalue weighted by molar-refractivity contribution is 5.14. The third-order valence-electron chi connectivity index (χ3n) is 3.00. The van der Waals surface area contributed by atoms with Crippen molar-refractivity contribution in [3.63, 3.8) is 0 Å². The van der Waals surface area contributed by atoms with Crippen LogP contribution in [0.3, 0.4) is 0 Å². The number of nitrogens with zero attached hydrogens (tertiary/aromatic N) is 2. The molecule has 0 amide bonds. The van der Waals surface area contributed by atoms with E-state index in [2.05, 4.69) is 35.2 Å². The van der Waals surface area contributed by atoms with Crippen LogP contribution in [0.1, 0.15) is 18.4 Å². The molecule has 0 bridgehead atoms. The largest absolute Gasteiger partial charge is 0.299 e. The molecule has 2 nitrogen and oxygen atoms in total. The van der Waals surface area contributed by atoms with Crippen molar-refractivity contribution in [2.45, 2.75) is 19.4 Å². The highest BCUT2D eigenvalue weighted by atomic mass is 15.1. The molecule has 2 heteroatoms. The lowest BCUT2D eigenvalue weighted by molar-refractivity contribution is 0.317. The van der Waals surface area contributed by atoms with Crippen molar-refractivity contribution in [3.05, 3.63) is 35.9 Å². The van der Waals surface area contributed by atoms with Gasteiger partial charge in [0.15, 0.2) is 0 Å². The zero-order valence-electron chi connectivity index (χ0n) is 8.89. The smallest absolute Gasteiger partial charge is 0.0625 e. The van der Waals surface area contributed by atoms with Crippen LogP contribution in [0.4, 0.5) is 0 Å². The summed E-state index contributed by atoms with van der Waals surface area (Å²) in [5, 5.41) is 8.63. The third kappa shape index (κ3) is 2.81. The van der Waals surface area contributed by atoms with Crippen LogP contribution < -0.4 is 0 Å². The fourth-order valence-corrected chi connectivity index (χ4v) is 2.19. The summed E-state index contributed by atoms with van der Waals surface area (Å²) in [6.07, 6.45) is 1.89. The molecule has 0 saturated carbocycles.